The average Bonchev–Trinajstić information content (AvgIpc) is 2.55. The molecule has 1 heterocycles. The first kappa shape index (κ1) is 17.5. The summed E-state index contributed by atoms with van der Waals surface area (Å²) in [6.45, 7) is 7.92. The van der Waals surface area contributed by atoms with Crippen LogP contribution < -0.4 is 5.32 Å². The smallest absolute Gasteiger partial charge is 0.224 e. The molecule has 1 N–H and O–H groups in total. The van der Waals surface area contributed by atoms with Crippen LogP contribution in [0.5, 0.6) is 0 Å². The molecule has 0 unspecified atom stereocenters. The van der Waals surface area contributed by atoms with E-state index in [1.807, 2.05) is 18.2 Å². The Morgan fingerprint density at radius 3 is 2.57 bits per heavy atom. The van der Waals surface area contributed by atoms with E-state index in [1.54, 1.807) is 11.8 Å². The third-order valence-electron chi connectivity index (χ3n) is 4.77. The number of nitrogens with zero attached hydrogens (tertiary/aromatic N) is 1. The van der Waals surface area contributed by atoms with Gasteiger partial charge in [0.25, 0.3) is 0 Å². The van der Waals surface area contributed by atoms with Gasteiger partial charge in [0, 0.05) is 32.5 Å². The van der Waals surface area contributed by atoms with Crippen molar-refractivity contribution in [2.75, 3.05) is 19.6 Å². The maximum Gasteiger partial charge on any atom is 0.224 e. The summed E-state index contributed by atoms with van der Waals surface area (Å²) in [5.41, 5.74) is 1.26. The molecule has 2 amide bonds. The first-order chi connectivity index (χ1) is 11.0. The van der Waals surface area contributed by atoms with Crippen LogP contribution in [0.3, 0.4) is 0 Å². The van der Waals surface area contributed by atoms with Crippen molar-refractivity contribution in [1.29, 1.82) is 0 Å². The van der Waals surface area contributed by atoms with Gasteiger partial charge in [0.15, 0.2) is 0 Å². The van der Waals surface area contributed by atoms with E-state index in [2.05, 4.69) is 31.3 Å². The Kier molecular flexibility index (Phi) is 6.20. The van der Waals surface area contributed by atoms with Crippen molar-refractivity contribution in [3.05, 3.63) is 35.9 Å². The van der Waals surface area contributed by atoms with E-state index < -0.39 is 0 Å². The molecular weight excluding hydrogens is 288 g/mol. The zero-order valence-electron chi connectivity index (χ0n) is 14.4. The number of amides is 2. The van der Waals surface area contributed by atoms with Crippen molar-refractivity contribution >= 4 is 11.8 Å². The minimum absolute atomic E-state index is 0.0619. The minimum atomic E-state index is -0.0729. The van der Waals surface area contributed by atoms with E-state index in [9.17, 15) is 9.59 Å². The Labute approximate surface area is 139 Å². The van der Waals surface area contributed by atoms with Crippen LogP contribution in [0.4, 0.5) is 0 Å². The first-order valence-electron chi connectivity index (χ1n) is 8.57. The predicted octanol–water partition coefficient (Wildman–Crippen LogP) is 2.80. The number of nitrogens with one attached hydrogen (secondary N) is 1. The zero-order chi connectivity index (χ0) is 16.8. The van der Waals surface area contributed by atoms with Crippen molar-refractivity contribution in [3.63, 3.8) is 0 Å². The van der Waals surface area contributed by atoms with Crippen molar-refractivity contribution in [3.8, 4) is 0 Å². The molecule has 0 bridgehead atoms. The fourth-order valence-corrected chi connectivity index (χ4v) is 3.27. The second kappa shape index (κ2) is 8.14. The molecule has 126 valence electrons. The molecule has 4 nitrogen and oxygen atoms in total. The van der Waals surface area contributed by atoms with Crippen molar-refractivity contribution < 1.29 is 9.59 Å². The van der Waals surface area contributed by atoms with Gasteiger partial charge in [-0.1, -0.05) is 44.2 Å². The molecule has 2 atom stereocenters. The van der Waals surface area contributed by atoms with E-state index in [0.29, 0.717) is 24.9 Å². The van der Waals surface area contributed by atoms with Gasteiger partial charge >= 0.3 is 0 Å². The topological polar surface area (TPSA) is 49.4 Å². The van der Waals surface area contributed by atoms with Crippen LogP contribution in [0.15, 0.2) is 30.3 Å². The van der Waals surface area contributed by atoms with Crippen LogP contribution in [-0.4, -0.2) is 36.3 Å². The maximum atomic E-state index is 12.5. The number of carbonyl (C=O) groups excluding carboxylic acids is 2. The van der Waals surface area contributed by atoms with Gasteiger partial charge < -0.3 is 10.2 Å². The number of hydrogen-bond acceptors (Lipinski definition) is 2. The normalized spacial score (nSPS) is 19.5. The SMILES string of the molecule is CC(=O)N1CCC[C@@H](C(=O)NC[C@H](c2ccccc2)C(C)C)C1. The number of carbonyl (C=O) groups is 2. The van der Waals surface area contributed by atoms with E-state index in [1.165, 1.54) is 5.56 Å². The van der Waals surface area contributed by atoms with Crippen molar-refractivity contribution in [2.45, 2.75) is 39.5 Å². The molecule has 1 aliphatic rings. The van der Waals surface area contributed by atoms with Gasteiger partial charge in [0.05, 0.1) is 5.92 Å². The molecule has 1 aromatic rings. The maximum absolute atomic E-state index is 12.5. The molecule has 0 saturated carbocycles. The first-order valence-corrected chi connectivity index (χ1v) is 8.57. The van der Waals surface area contributed by atoms with E-state index in [4.69, 9.17) is 0 Å². The zero-order valence-corrected chi connectivity index (χ0v) is 14.4. The highest BCUT2D eigenvalue weighted by Crippen LogP contribution is 2.24. The summed E-state index contributed by atoms with van der Waals surface area (Å²) in [5, 5.41) is 3.11. The average molecular weight is 316 g/mol. The standard InChI is InChI=1S/C19H28N2O2/c1-14(2)18(16-8-5-4-6-9-16)12-20-19(23)17-10-7-11-21(13-17)15(3)22/h4-6,8-9,14,17-18H,7,10-13H2,1-3H3,(H,20,23)/t17-,18+/m1/s1. The molecule has 0 radical (unpaired) electrons. The Hall–Kier alpha value is -1.84. The van der Waals surface area contributed by atoms with Gasteiger partial charge in [0.2, 0.25) is 11.8 Å². The van der Waals surface area contributed by atoms with Crippen LogP contribution in [-0.2, 0) is 9.59 Å². The van der Waals surface area contributed by atoms with Gasteiger partial charge in [-0.2, -0.15) is 0 Å². The molecule has 1 saturated heterocycles. The summed E-state index contributed by atoms with van der Waals surface area (Å²) < 4.78 is 0. The summed E-state index contributed by atoms with van der Waals surface area (Å²) in [4.78, 5) is 25.8. The quantitative estimate of drug-likeness (QED) is 0.908. The Balaban J connectivity index is 1.93. The summed E-state index contributed by atoms with van der Waals surface area (Å²) in [6, 6.07) is 10.3. The van der Waals surface area contributed by atoms with Crippen LogP contribution >= 0.6 is 0 Å². The number of likely N-dealkylation sites (tertiary alicyclic amines) is 1. The lowest BCUT2D eigenvalue weighted by atomic mass is 9.88. The highest BCUT2D eigenvalue weighted by molar-refractivity contribution is 5.80. The number of rotatable bonds is 5. The van der Waals surface area contributed by atoms with Gasteiger partial charge in [-0.3, -0.25) is 9.59 Å². The number of benzene rings is 1. The lowest BCUT2D eigenvalue weighted by Gasteiger charge is -2.32. The Bertz CT molecular complexity index is 527. The van der Waals surface area contributed by atoms with Gasteiger partial charge in [-0.15, -0.1) is 0 Å². The second-order valence-electron chi connectivity index (χ2n) is 6.81. The molecule has 4 heteroatoms. The number of piperidine rings is 1. The molecule has 1 aromatic carbocycles. The minimum Gasteiger partial charge on any atom is -0.355 e. The van der Waals surface area contributed by atoms with Crippen LogP contribution in [0.25, 0.3) is 0 Å². The van der Waals surface area contributed by atoms with E-state index in [-0.39, 0.29) is 17.7 Å². The summed E-state index contributed by atoms with van der Waals surface area (Å²) in [7, 11) is 0. The summed E-state index contributed by atoms with van der Waals surface area (Å²) in [5.74, 6) is 0.839. The summed E-state index contributed by atoms with van der Waals surface area (Å²) in [6.07, 6.45) is 1.78. The van der Waals surface area contributed by atoms with E-state index in [0.717, 1.165) is 19.4 Å². The van der Waals surface area contributed by atoms with Crippen LogP contribution in [0, 0.1) is 11.8 Å². The third kappa shape index (κ3) is 4.81. The molecule has 1 aliphatic heterocycles. The molecule has 23 heavy (non-hydrogen) atoms. The molecule has 0 spiro atoms. The number of hydrogen-bond donors (Lipinski definition) is 1. The Morgan fingerprint density at radius 1 is 1.26 bits per heavy atom. The van der Waals surface area contributed by atoms with Crippen molar-refractivity contribution in [2.24, 2.45) is 11.8 Å². The highest BCUT2D eigenvalue weighted by atomic mass is 16.2. The lowest BCUT2D eigenvalue weighted by Crippen LogP contribution is -2.45. The van der Waals surface area contributed by atoms with E-state index >= 15 is 0 Å². The fourth-order valence-electron chi connectivity index (χ4n) is 3.27. The monoisotopic (exact) mass is 316 g/mol. The molecule has 2 rings (SSSR count). The third-order valence-corrected chi connectivity index (χ3v) is 4.77. The fraction of sp³-hybridized carbons (Fsp3) is 0.579. The molecular formula is C19H28N2O2. The highest BCUT2D eigenvalue weighted by Gasteiger charge is 2.27. The summed E-state index contributed by atoms with van der Waals surface area (Å²) >= 11 is 0. The van der Waals surface area contributed by atoms with Crippen LogP contribution in [0.2, 0.25) is 0 Å². The van der Waals surface area contributed by atoms with Crippen LogP contribution in [0.1, 0.15) is 45.1 Å². The largest absolute Gasteiger partial charge is 0.355 e. The molecule has 0 aromatic heterocycles. The predicted molar refractivity (Wildman–Crippen MR) is 92.0 cm³/mol. The Morgan fingerprint density at radius 2 is 1.96 bits per heavy atom. The van der Waals surface area contributed by atoms with Gasteiger partial charge in [0.1, 0.15) is 0 Å². The van der Waals surface area contributed by atoms with Gasteiger partial charge in [-0.05, 0) is 24.3 Å². The second-order valence-corrected chi connectivity index (χ2v) is 6.81. The molecule has 1 fully saturated rings. The molecule has 0 aliphatic carbocycles. The van der Waals surface area contributed by atoms with Gasteiger partial charge in [-0.25, -0.2) is 0 Å². The lowest BCUT2D eigenvalue weighted by molar-refractivity contribution is -0.134. The van der Waals surface area contributed by atoms with Crippen molar-refractivity contribution in [1.82, 2.24) is 10.2 Å².